The first-order valence-corrected chi connectivity index (χ1v) is 9.25. The molecule has 1 aliphatic carbocycles. The lowest BCUT2D eigenvalue weighted by Crippen LogP contribution is -3.29. The van der Waals surface area contributed by atoms with Crippen molar-refractivity contribution in [2.75, 3.05) is 26.2 Å². The van der Waals surface area contributed by atoms with E-state index in [9.17, 15) is 4.79 Å². The van der Waals surface area contributed by atoms with Crippen LogP contribution in [0.3, 0.4) is 0 Å². The van der Waals surface area contributed by atoms with E-state index in [1.54, 1.807) is 4.90 Å². The lowest BCUT2D eigenvalue weighted by molar-refractivity contribution is -1.02. The SMILES string of the molecule is C[C@@H](C(=O)NC1CCCC1)[NH+]1CC[NH+](Cc2ccccc2)CC1. The topological polar surface area (TPSA) is 38.0 Å². The van der Waals surface area contributed by atoms with Crippen molar-refractivity contribution in [3.63, 3.8) is 0 Å². The van der Waals surface area contributed by atoms with Crippen molar-refractivity contribution in [1.29, 1.82) is 0 Å². The number of quaternary nitrogens is 2. The molecule has 1 amide bonds. The molecule has 2 fully saturated rings. The normalized spacial score (nSPS) is 26.8. The van der Waals surface area contributed by atoms with Gasteiger partial charge in [0.2, 0.25) is 0 Å². The number of carbonyl (C=O) groups is 1. The van der Waals surface area contributed by atoms with E-state index in [-0.39, 0.29) is 11.9 Å². The molecule has 0 aromatic heterocycles. The van der Waals surface area contributed by atoms with Gasteiger partial charge in [-0.25, -0.2) is 0 Å². The Bertz CT molecular complexity index is 491. The van der Waals surface area contributed by atoms with E-state index in [1.165, 1.54) is 36.1 Å². The summed E-state index contributed by atoms with van der Waals surface area (Å²) in [6.45, 7) is 7.72. The minimum Gasteiger partial charge on any atom is -0.348 e. The number of hydrogen-bond acceptors (Lipinski definition) is 1. The maximum atomic E-state index is 12.4. The molecule has 0 radical (unpaired) electrons. The Kier molecular flexibility index (Phi) is 5.68. The summed E-state index contributed by atoms with van der Waals surface area (Å²) < 4.78 is 0. The molecule has 1 heterocycles. The van der Waals surface area contributed by atoms with Crippen molar-refractivity contribution in [2.45, 2.75) is 51.2 Å². The van der Waals surface area contributed by atoms with Crippen molar-refractivity contribution in [2.24, 2.45) is 0 Å². The average molecular weight is 317 g/mol. The number of piperazine rings is 1. The van der Waals surface area contributed by atoms with Gasteiger partial charge in [0.25, 0.3) is 5.91 Å². The van der Waals surface area contributed by atoms with Gasteiger partial charge < -0.3 is 15.1 Å². The number of nitrogens with one attached hydrogen (secondary N) is 3. The summed E-state index contributed by atoms with van der Waals surface area (Å²) in [7, 11) is 0. The van der Waals surface area contributed by atoms with Crippen LogP contribution >= 0.6 is 0 Å². The van der Waals surface area contributed by atoms with Crippen LogP contribution in [0.5, 0.6) is 0 Å². The fraction of sp³-hybridized carbons (Fsp3) is 0.632. The molecular formula is C19H31N3O+2. The number of rotatable bonds is 5. The molecule has 3 rings (SSSR count). The Hall–Kier alpha value is -1.39. The van der Waals surface area contributed by atoms with Crippen molar-refractivity contribution in [1.82, 2.24) is 5.32 Å². The molecule has 23 heavy (non-hydrogen) atoms. The zero-order valence-corrected chi connectivity index (χ0v) is 14.3. The standard InChI is InChI=1S/C19H29N3O/c1-16(19(23)20-18-9-5-6-10-18)22-13-11-21(12-14-22)15-17-7-3-2-4-8-17/h2-4,7-8,16,18H,5-6,9-15H2,1H3,(H,20,23)/p+2/t16-/m0/s1. The fourth-order valence-corrected chi connectivity index (χ4v) is 4.00. The third kappa shape index (κ3) is 4.55. The molecule has 4 nitrogen and oxygen atoms in total. The van der Waals surface area contributed by atoms with Crippen LogP contribution < -0.4 is 15.1 Å². The van der Waals surface area contributed by atoms with Gasteiger partial charge in [-0.1, -0.05) is 43.2 Å². The van der Waals surface area contributed by atoms with Crippen molar-refractivity contribution < 1.29 is 14.6 Å². The molecular weight excluding hydrogens is 286 g/mol. The first kappa shape index (κ1) is 16.5. The van der Waals surface area contributed by atoms with Crippen LogP contribution in [-0.2, 0) is 11.3 Å². The van der Waals surface area contributed by atoms with E-state index in [2.05, 4.69) is 42.6 Å². The molecule has 126 valence electrons. The maximum Gasteiger partial charge on any atom is 0.278 e. The summed E-state index contributed by atoms with van der Waals surface area (Å²) >= 11 is 0. The summed E-state index contributed by atoms with van der Waals surface area (Å²) in [5.74, 6) is 0.262. The second-order valence-electron chi connectivity index (χ2n) is 7.28. The molecule has 2 aliphatic rings. The third-order valence-electron chi connectivity index (χ3n) is 5.60. The number of carbonyl (C=O) groups excluding carboxylic acids is 1. The first-order valence-electron chi connectivity index (χ1n) is 9.25. The highest BCUT2D eigenvalue weighted by atomic mass is 16.2. The highest BCUT2D eigenvalue weighted by Crippen LogP contribution is 2.17. The minimum absolute atomic E-state index is 0.0916. The third-order valence-corrected chi connectivity index (χ3v) is 5.60. The van der Waals surface area contributed by atoms with Gasteiger partial charge in [-0.05, 0) is 19.8 Å². The molecule has 1 aromatic rings. The molecule has 1 saturated carbocycles. The predicted molar refractivity (Wildman–Crippen MR) is 91.4 cm³/mol. The van der Waals surface area contributed by atoms with Crippen LogP contribution in [0.4, 0.5) is 0 Å². The van der Waals surface area contributed by atoms with E-state index in [1.807, 2.05) is 0 Å². The van der Waals surface area contributed by atoms with E-state index in [0.717, 1.165) is 32.7 Å². The Morgan fingerprint density at radius 2 is 1.78 bits per heavy atom. The van der Waals surface area contributed by atoms with Gasteiger partial charge in [-0.15, -0.1) is 0 Å². The molecule has 0 bridgehead atoms. The molecule has 1 saturated heterocycles. The highest BCUT2D eigenvalue weighted by Gasteiger charge is 2.32. The van der Waals surface area contributed by atoms with Gasteiger partial charge in [0, 0.05) is 11.6 Å². The maximum absolute atomic E-state index is 12.4. The molecule has 0 spiro atoms. The van der Waals surface area contributed by atoms with Crippen molar-refractivity contribution in [3.05, 3.63) is 35.9 Å². The molecule has 1 atom stereocenters. The summed E-state index contributed by atoms with van der Waals surface area (Å²) in [5.41, 5.74) is 1.41. The second kappa shape index (κ2) is 7.93. The second-order valence-corrected chi connectivity index (χ2v) is 7.28. The minimum atomic E-state index is 0.0916. The van der Waals surface area contributed by atoms with Gasteiger partial charge in [0.1, 0.15) is 32.7 Å². The average Bonchev–Trinajstić information content (AvgIpc) is 3.09. The van der Waals surface area contributed by atoms with Gasteiger partial charge in [0.05, 0.1) is 0 Å². The summed E-state index contributed by atoms with van der Waals surface area (Å²) in [5, 5.41) is 3.26. The van der Waals surface area contributed by atoms with E-state index in [4.69, 9.17) is 0 Å². The van der Waals surface area contributed by atoms with Gasteiger partial charge in [-0.3, -0.25) is 4.79 Å². The van der Waals surface area contributed by atoms with Crippen LogP contribution in [0.2, 0.25) is 0 Å². The van der Waals surface area contributed by atoms with Crippen LogP contribution in [0.15, 0.2) is 30.3 Å². The fourth-order valence-electron chi connectivity index (χ4n) is 4.00. The molecule has 3 N–H and O–H groups in total. The largest absolute Gasteiger partial charge is 0.348 e. The Morgan fingerprint density at radius 1 is 1.13 bits per heavy atom. The summed E-state index contributed by atoms with van der Waals surface area (Å²) in [6, 6.07) is 11.3. The number of hydrogen-bond donors (Lipinski definition) is 3. The molecule has 1 aliphatic heterocycles. The quantitative estimate of drug-likeness (QED) is 0.668. The zero-order chi connectivity index (χ0) is 16.1. The van der Waals surface area contributed by atoms with Crippen molar-refractivity contribution >= 4 is 5.91 Å². The van der Waals surface area contributed by atoms with Gasteiger partial charge in [-0.2, -0.15) is 0 Å². The van der Waals surface area contributed by atoms with Crippen LogP contribution in [0.25, 0.3) is 0 Å². The monoisotopic (exact) mass is 317 g/mol. The van der Waals surface area contributed by atoms with Crippen LogP contribution in [0, 0.1) is 0 Å². The van der Waals surface area contributed by atoms with Crippen LogP contribution in [0.1, 0.15) is 38.2 Å². The predicted octanol–water partition coefficient (Wildman–Crippen LogP) is -0.583. The van der Waals surface area contributed by atoms with E-state index >= 15 is 0 Å². The van der Waals surface area contributed by atoms with Gasteiger partial charge in [0.15, 0.2) is 6.04 Å². The smallest absolute Gasteiger partial charge is 0.278 e. The lowest BCUT2D eigenvalue weighted by atomic mass is 10.1. The molecule has 0 unspecified atom stereocenters. The highest BCUT2D eigenvalue weighted by molar-refractivity contribution is 5.80. The first-order chi connectivity index (χ1) is 11.2. The summed E-state index contributed by atoms with van der Waals surface area (Å²) in [6.07, 6.45) is 4.88. The Balaban J connectivity index is 1.43. The van der Waals surface area contributed by atoms with Crippen LogP contribution in [-0.4, -0.2) is 44.2 Å². The Morgan fingerprint density at radius 3 is 2.43 bits per heavy atom. The zero-order valence-electron chi connectivity index (χ0n) is 14.3. The number of amides is 1. The van der Waals surface area contributed by atoms with E-state index in [0.29, 0.717) is 6.04 Å². The number of benzene rings is 1. The summed E-state index contributed by atoms with van der Waals surface area (Å²) in [4.78, 5) is 15.5. The van der Waals surface area contributed by atoms with Crippen molar-refractivity contribution in [3.8, 4) is 0 Å². The lowest BCUT2D eigenvalue weighted by Gasteiger charge is -2.33. The Labute approximate surface area is 139 Å². The molecule has 4 heteroatoms. The van der Waals surface area contributed by atoms with E-state index < -0.39 is 0 Å². The molecule has 1 aromatic carbocycles. The van der Waals surface area contributed by atoms with Gasteiger partial charge >= 0.3 is 0 Å².